The van der Waals surface area contributed by atoms with Gasteiger partial charge in [-0.2, -0.15) is 0 Å². The van der Waals surface area contributed by atoms with Crippen molar-refractivity contribution >= 4 is 5.97 Å². The molecule has 1 saturated carbocycles. The van der Waals surface area contributed by atoms with Crippen molar-refractivity contribution in [1.82, 2.24) is 15.1 Å². The van der Waals surface area contributed by atoms with Gasteiger partial charge in [0.2, 0.25) is 0 Å². The van der Waals surface area contributed by atoms with Crippen molar-refractivity contribution in [3.05, 3.63) is 0 Å². The fraction of sp³-hybridized carbons (Fsp3) is 0.938. The Balaban J connectivity index is 2.02. The van der Waals surface area contributed by atoms with Gasteiger partial charge in [0, 0.05) is 31.2 Å². The van der Waals surface area contributed by atoms with Crippen LogP contribution < -0.4 is 5.32 Å². The third kappa shape index (κ3) is 3.25. The van der Waals surface area contributed by atoms with Crippen LogP contribution in [0.5, 0.6) is 0 Å². The van der Waals surface area contributed by atoms with Gasteiger partial charge < -0.3 is 10.1 Å². The average Bonchev–Trinajstić information content (AvgIpc) is 2.90. The highest BCUT2D eigenvalue weighted by molar-refractivity contribution is 5.81. The molecule has 1 N–H and O–H groups in total. The van der Waals surface area contributed by atoms with E-state index in [9.17, 15) is 4.79 Å². The summed E-state index contributed by atoms with van der Waals surface area (Å²) in [4.78, 5) is 17.3. The molecule has 0 bridgehead atoms. The van der Waals surface area contributed by atoms with Crippen molar-refractivity contribution in [2.24, 2.45) is 0 Å². The van der Waals surface area contributed by atoms with E-state index >= 15 is 0 Å². The van der Waals surface area contributed by atoms with Crippen molar-refractivity contribution in [3.8, 4) is 0 Å². The second-order valence-electron chi connectivity index (χ2n) is 6.77. The Hall–Kier alpha value is -0.650. The van der Waals surface area contributed by atoms with Crippen molar-refractivity contribution in [2.75, 3.05) is 33.8 Å². The number of rotatable bonds is 4. The number of likely N-dealkylation sites (N-methyl/N-ethyl adjacent to an activating group) is 2. The average molecular weight is 297 g/mol. The smallest absolute Gasteiger partial charge is 0.326 e. The Kier molecular flexibility index (Phi) is 5.28. The number of piperazine rings is 1. The van der Waals surface area contributed by atoms with E-state index in [1.807, 2.05) is 14.0 Å². The van der Waals surface area contributed by atoms with E-state index in [4.69, 9.17) is 4.74 Å². The van der Waals surface area contributed by atoms with Crippen molar-refractivity contribution < 1.29 is 9.53 Å². The summed E-state index contributed by atoms with van der Waals surface area (Å²) in [7, 11) is 4.09. The number of carbonyl (C=O) groups excluding carboxylic acids is 1. The molecule has 0 aromatic carbocycles. The number of esters is 1. The van der Waals surface area contributed by atoms with E-state index in [-0.39, 0.29) is 5.97 Å². The van der Waals surface area contributed by atoms with Gasteiger partial charge in [-0.3, -0.25) is 14.6 Å². The first-order valence-electron chi connectivity index (χ1n) is 8.25. The third-order valence-corrected chi connectivity index (χ3v) is 5.54. The number of carbonyl (C=O) groups is 1. The van der Waals surface area contributed by atoms with E-state index < -0.39 is 5.54 Å². The molecule has 1 aliphatic heterocycles. The quantitative estimate of drug-likeness (QED) is 0.787. The van der Waals surface area contributed by atoms with Gasteiger partial charge in [-0.15, -0.1) is 0 Å². The van der Waals surface area contributed by atoms with Crippen LogP contribution in [-0.4, -0.2) is 73.2 Å². The van der Waals surface area contributed by atoms with E-state index in [2.05, 4.69) is 36.0 Å². The monoisotopic (exact) mass is 297 g/mol. The Morgan fingerprint density at radius 1 is 1.33 bits per heavy atom. The maximum absolute atomic E-state index is 12.3. The summed E-state index contributed by atoms with van der Waals surface area (Å²) < 4.78 is 5.29. The molecule has 122 valence electrons. The van der Waals surface area contributed by atoms with E-state index in [0.29, 0.717) is 24.7 Å². The van der Waals surface area contributed by atoms with Crippen LogP contribution in [0.4, 0.5) is 0 Å². The van der Waals surface area contributed by atoms with Gasteiger partial charge in [-0.05, 0) is 54.1 Å². The molecule has 0 aromatic heterocycles. The Labute approximate surface area is 129 Å². The molecular weight excluding hydrogens is 266 g/mol. The van der Waals surface area contributed by atoms with E-state index in [1.165, 1.54) is 0 Å². The minimum Gasteiger partial charge on any atom is -0.465 e. The fourth-order valence-corrected chi connectivity index (χ4v) is 3.86. The van der Waals surface area contributed by atoms with Gasteiger partial charge in [-0.1, -0.05) is 0 Å². The SMILES string of the molecule is CCOC(=O)C1(NC)CCC(N2CC(C)N(C)C(C)C2)C1. The Morgan fingerprint density at radius 2 is 1.95 bits per heavy atom. The van der Waals surface area contributed by atoms with Gasteiger partial charge in [-0.25, -0.2) is 0 Å². The second kappa shape index (κ2) is 6.63. The lowest BCUT2D eigenvalue weighted by atomic mass is 9.97. The number of nitrogens with one attached hydrogen (secondary N) is 1. The molecule has 2 aliphatic rings. The maximum Gasteiger partial charge on any atom is 0.326 e. The summed E-state index contributed by atoms with van der Waals surface area (Å²) in [6.07, 6.45) is 2.82. The van der Waals surface area contributed by atoms with Crippen LogP contribution in [0.2, 0.25) is 0 Å². The number of hydrogen-bond acceptors (Lipinski definition) is 5. The summed E-state index contributed by atoms with van der Waals surface area (Å²) in [5.41, 5.74) is -0.476. The van der Waals surface area contributed by atoms with Gasteiger partial charge in [0.1, 0.15) is 5.54 Å². The molecule has 1 heterocycles. The highest BCUT2D eigenvalue weighted by Gasteiger charge is 2.47. The van der Waals surface area contributed by atoms with Crippen LogP contribution in [-0.2, 0) is 9.53 Å². The Morgan fingerprint density at radius 3 is 2.48 bits per heavy atom. The molecule has 21 heavy (non-hydrogen) atoms. The minimum absolute atomic E-state index is 0.0785. The molecule has 4 atom stereocenters. The molecule has 2 rings (SSSR count). The van der Waals surface area contributed by atoms with Crippen LogP contribution in [0, 0.1) is 0 Å². The zero-order valence-corrected chi connectivity index (χ0v) is 14.2. The van der Waals surface area contributed by atoms with Gasteiger partial charge >= 0.3 is 5.97 Å². The van der Waals surface area contributed by atoms with Crippen LogP contribution in [0.3, 0.4) is 0 Å². The van der Waals surface area contributed by atoms with Crippen molar-refractivity contribution in [2.45, 2.75) is 63.7 Å². The van der Waals surface area contributed by atoms with Crippen molar-refractivity contribution in [1.29, 1.82) is 0 Å². The highest BCUT2D eigenvalue weighted by Crippen LogP contribution is 2.35. The predicted molar refractivity (Wildman–Crippen MR) is 84.3 cm³/mol. The van der Waals surface area contributed by atoms with Gasteiger partial charge in [0.25, 0.3) is 0 Å². The summed E-state index contributed by atoms with van der Waals surface area (Å²) in [6.45, 7) is 9.08. The molecule has 2 fully saturated rings. The molecule has 0 amide bonds. The molecule has 1 aliphatic carbocycles. The topological polar surface area (TPSA) is 44.8 Å². The number of ether oxygens (including phenoxy) is 1. The standard InChI is InChI=1S/C16H31N3O2/c1-6-21-15(20)16(17-4)8-7-14(9-16)19-10-12(2)18(5)13(3)11-19/h12-14,17H,6-11H2,1-5H3. The molecule has 1 saturated heterocycles. The minimum atomic E-state index is -0.476. The maximum atomic E-state index is 12.3. The lowest BCUT2D eigenvalue weighted by Gasteiger charge is -2.45. The lowest BCUT2D eigenvalue weighted by molar-refractivity contribution is -0.151. The van der Waals surface area contributed by atoms with Gasteiger partial charge in [0.15, 0.2) is 0 Å². The van der Waals surface area contributed by atoms with Crippen LogP contribution >= 0.6 is 0 Å². The van der Waals surface area contributed by atoms with Crippen LogP contribution in [0.15, 0.2) is 0 Å². The summed E-state index contributed by atoms with van der Waals surface area (Å²) in [6, 6.07) is 1.63. The first kappa shape index (κ1) is 16.7. The zero-order valence-electron chi connectivity index (χ0n) is 14.2. The van der Waals surface area contributed by atoms with Crippen LogP contribution in [0.25, 0.3) is 0 Å². The van der Waals surface area contributed by atoms with Crippen LogP contribution in [0.1, 0.15) is 40.0 Å². The molecule has 0 aromatic rings. The molecule has 5 nitrogen and oxygen atoms in total. The largest absolute Gasteiger partial charge is 0.465 e. The third-order valence-electron chi connectivity index (χ3n) is 5.54. The number of hydrogen-bond donors (Lipinski definition) is 1. The fourth-order valence-electron chi connectivity index (χ4n) is 3.86. The van der Waals surface area contributed by atoms with E-state index in [1.54, 1.807) is 0 Å². The normalized spacial score (nSPS) is 38.6. The van der Waals surface area contributed by atoms with E-state index in [0.717, 1.165) is 32.4 Å². The molecule has 5 heteroatoms. The summed E-state index contributed by atoms with van der Waals surface area (Å²) in [5.74, 6) is -0.0785. The number of nitrogens with zero attached hydrogens (tertiary/aromatic N) is 2. The second-order valence-corrected chi connectivity index (χ2v) is 6.77. The Bertz CT molecular complexity index is 365. The first-order chi connectivity index (χ1) is 9.93. The summed E-state index contributed by atoms with van der Waals surface area (Å²) in [5, 5.41) is 3.25. The van der Waals surface area contributed by atoms with Crippen molar-refractivity contribution in [3.63, 3.8) is 0 Å². The lowest BCUT2D eigenvalue weighted by Crippen LogP contribution is -2.58. The molecular formula is C16H31N3O2. The van der Waals surface area contributed by atoms with Gasteiger partial charge in [0.05, 0.1) is 6.61 Å². The molecule has 4 unspecified atom stereocenters. The molecule has 0 radical (unpaired) electrons. The predicted octanol–water partition coefficient (Wildman–Crippen LogP) is 1.08. The highest BCUT2D eigenvalue weighted by atomic mass is 16.5. The first-order valence-corrected chi connectivity index (χ1v) is 8.25. The summed E-state index contributed by atoms with van der Waals surface area (Å²) >= 11 is 0. The zero-order chi connectivity index (χ0) is 15.6. The molecule has 0 spiro atoms.